The highest BCUT2D eigenvalue weighted by atomic mass is 16.5. The van der Waals surface area contributed by atoms with Crippen LogP contribution in [0.25, 0.3) is 0 Å². The summed E-state index contributed by atoms with van der Waals surface area (Å²) in [5, 5.41) is 3.91. The average Bonchev–Trinajstić information content (AvgIpc) is 2.78. The molecule has 2 rings (SSSR count). The van der Waals surface area contributed by atoms with Gasteiger partial charge in [-0.3, -0.25) is 4.90 Å². The van der Waals surface area contributed by atoms with Gasteiger partial charge in [-0.05, 0) is 31.8 Å². The molecule has 1 aromatic heterocycles. The first kappa shape index (κ1) is 11.5. The van der Waals surface area contributed by atoms with Crippen molar-refractivity contribution in [2.75, 3.05) is 13.1 Å². The molecule has 0 saturated carbocycles. The van der Waals surface area contributed by atoms with E-state index < -0.39 is 0 Å². The molecule has 0 amide bonds. The zero-order valence-corrected chi connectivity index (χ0v) is 9.85. The lowest BCUT2D eigenvalue weighted by Crippen LogP contribution is -2.33. The summed E-state index contributed by atoms with van der Waals surface area (Å²) in [4.78, 5) is 6.60. The van der Waals surface area contributed by atoms with E-state index in [1.54, 1.807) is 0 Å². The first-order valence-corrected chi connectivity index (χ1v) is 6.05. The van der Waals surface area contributed by atoms with E-state index in [2.05, 4.69) is 22.0 Å². The van der Waals surface area contributed by atoms with Crippen molar-refractivity contribution in [3.05, 3.63) is 11.7 Å². The number of rotatable bonds is 4. The number of aromatic nitrogens is 2. The fourth-order valence-corrected chi connectivity index (χ4v) is 2.19. The fraction of sp³-hybridized carbons (Fsp3) is 0.818. The molecule has 90 valence electrons. The lowest BCUT2D eigenvalue weighted by Gasteiger charge is -2.30. The minimum absolute atomic E-state index is 0.324. The second-order valence-corrected chi connectivity index (χ2v) is 4.44. The third-order valence-electron chi connectivity index (χ3n) is 3.33. The van der Waals surface area contributed by atoms with Gasteiger partial charge in [0.05, 0.1) is 13.1 Å². The summed E-state index contributed by atoms with van der Waals surface area (Å²) in [6.45, 7) is 5.67. The van der Waals surface area contributed by atoms with E-state index in [1.807, 2.05) is 0 Å². The maximum atomic E-state index is 5.42. The van der Waals surface area contributed by atoms with Crippen LogP contribution in [0.3, 0.4) is 0 Å². The van der Waals surface area contributed by atoms with Gasteiger partial charge in [0.2, 0.25) is 5.89 Å². The number of piperidine rings is 1. The summed E-state index contributed by atoms with van der Waals surface area (Å²) in [5.41, 5.74) is 5.42. The number of hydrogen-bond donors (Lipinski definition) is 1. The summed E-state index contributed by atoms with van der Waals surface area (Å²) in [6, 6.07) is 0. The van der Waals surface area contributed by atoms with Crippen LogP contribution in [0.1, 0.15) is 37.9 Å². The van der Waals surface area contributed by atoms with Crippen LogP contribution in [0.5, 0.6) is 0 Å². The quantitative estimate of drug-likeness (QED) is 0.831. The lowest BCUT2D eigenvalue weighted by molar-refractivity contribution is 0.170. The van der Waals surface area contributed by atoms with Crippen LogP contribution in [0.2, 0.25) is 0 Å². The Balaban J connectivity index is 1.82. The highest BCUT2D eigenvalue weighted by Crippen LogP contribution is 2.20. The lowest BCUT2D eigenvalue weighted by atomic mass is 9.94. The van der Waals surface area contributed by atoms with E-state index >= 15 is 0 Å². The van der Waals surface area contributed by atoms with Crippen molar-refractivity contribution in [2.45, 2.75) is 39.3 Å². The third-order valence-corrected chi connectivity index (χ3v) is 3.33. The van der Waals surface area contributed by atoms with Crippen molar-refractivity contribution in [1.29, 1.82) is 0 Å². The van der Waals surface area contributed by atoms with Crippen LogP contribution >= 0.6 is 0 Å². The number of nitrogens with zero attached hydrogens (tertiary/aromatic N) is 3. The van der Waals surface area contributed by atoms with Gasteiger partial charge in [-0.25, -0.2) is 0 Å². The van der Waals surface area contributed by atoms with E-state index in [1.165, 1.54) is 19.3 Å². The topological polar surface area (TPSA) is 68.2 Å². The predicted molar refractivity (Wildman–Crippen MR) is 60.5 cm³/mol. The molecule has 0 aromatic carbocycles. The standard InChI is InChI=1S/C11H20N4O/c1-2-9-3-5-15(6-4-9)8-10-13-11(7-12)16-14-10/h9H,2-8,12H2,1H3. The first-order valence-electron chi connectivity index (χ1n) is 6.05. The van der Waals surface area contributed by atoms with Gasteiger partial charge in [0.1, 0.15) is 0 Å². The van der Waals surface area contributed by atoms with Gasteiger partial charge in [0, 0.05) is 0 Å². The second kappa shape index (κ2) is 5.41. The van der Waals surface area contributed by atoms with Crippen molar-refractivity contribution in [2.24, 2.45) is 11.7 Å². The Morgan fingerprint density at radius 1 is 1.44 bits per heavy atom. The van der Waals surface area contributed by atoms with E-state index in [-0.39, 0.29) is 0 Å². The largest absolute Gasteiger partial charge is 0.338 e. The van der Waals surface area contributed by atoms with E-state index in [9.17, 15) is 0 Å². The molecule has 0 aliphatic carbocycles. The molecule has 1 aliphatic rings. The highest BCUT2D eigenvalue weighted by molar-refractivity contribution is 4.86. The van der Waals surface area contributed by atoms with Crippen molar-refractivity contribution < 1.29 is 4.52 Å². The Hall–Kier alpha value is -0.940. The Morgan fingerprint density at radius 2 is 2.19 bits per heavy atom. The van der Waals surface area contributed by atoms with Gasteiger partial charge in [0.15, 0.2) is 5.82 Å². The number of likely N-dealkylation sites (tertiary alicyclic amines) is 1. The molecule has 2 N–H and O–H groups in total. The first-order chi connectivity index (χ1) is 7.81. The SMILES string of the molecule is CCC1CCN(Cc2noc(CN)n2)CC1. The molecule has 0 atom stereocenters. The highest BCUT2D eigenvalue weighted by Gasteiger charge is 2.19. The predicted octanol–water partition coefficient (Wildman–Crippen LogP) is 1.15. The summed E-state index contributed by atoms with van der Waals surface area (Å²) in [7, 11) is 0. The van der Waals surface area contributed by atoms with Crippen molar-refractivity contribution >= 4 is 0 Å². The zero-order chi connectivity index (χ0) is 11.4. The maximum Gasteiger partial charge on any atom is 0.240 e. The average molecular weight is 224 g/mol. The Morgan fingerprint density at radius 3 is 2.75 bits per heavy atom. The van der Waals surface area contributed by atoms with E-state index in [0.717, 1.165) is 31.4 Å². The molecule has 2 heterocycles. The molecule has 16 heavy (non-hydrogen) atoms. The smallest absolute Gasteiger partial charge is 0.240 e. The molecule has 1 saturated heterocycles. The van der Waals surface area contributed by atoms with Gasteiger partial charge in [-0.15, -0.1) is 0 Å². The molecule has 0 bridgehead atoms. The zero-order valence-electron chi connectivity index (χ0n) is 9.85. The van der Waals surface area contributed by atoms with Crippen LogP contribution in [-0.4, -0.2) is 28.1 Å². The fourth-order valence-electron chi connectivity index (χ4n) is 2.19. The monoisotopic (exact) mass is 224 g/mol. The Bertz CT molecular complexity index is 318. The normalized spacial score (nSPS) is 19.1. The summed E-state index contributed by atoms with van der Waals surface area (Å²) in [5.74, 6) is 2.19. The number of hydrogen-bond acceptors (Lipinski definition) is 5. The molecular weight excluding hydrogens is 204 g/mol. The minimum atomic E-state index is 0.324. The van der Waals surface area contributed by atoms with E-state index in [4.69, 9.17) is 10.3 Å². The molecule has 1 aromatic rings. The minimum Gasteiger partial charge on any atom is -0.338 e. The molecule has 1 aliphatic heterocycles. The molecule has 1 fully saturated rings. The van der Waals surface area contributed by atoms with Crippen LogP contribution in [0.4, 0.5) is 0 Å². The van der Waals surface area contributed by atoms with E-state index in [0.29, 0.717) is 12.4 Å². The van der Waals surface area contributed by atoms with Gasteiger partial charge >= 0.3 is 0 Å². The van der Waals surface area contributed by atoms with Crippen LogP contribution < -0.4 is 5.73 Å². The molecule has 5 nitrogen and oxygen atoms in total. The summed E-state index contributed by atoms with van der Waals surface area (Å²) < 4.78 is 4.98. The van der Waals surface area contributed by atoms with Crippen molar-refractivity contribution in [3.8, 4) is 0 Å². The van der Waals surface area contributed by atoms with Crippen molar-refractivity contribution in [3.63, 3.8) is 0 Å². The van der Waals surface area contributed by atoms with Gasteiger partial charge in [0.25, 0.3) is 0 Å². The van der Waals surface area contributed by atoms with Gasteiger partial charge in [-0.2, -0.15) is 4.98 Å². The Kier molecular flexibility index (Phi) is 3.90. The van der Waals surface area contributed by atoms with Crippen LogP contribution in [0, 0.1) is 5.92 Å². The summed E-state index contributed by atoms with van der Waals surface area (Å²) >= 11 is 0. The van der Waals surface area contributed by atoms with Crippen LogP contribution in [-0.2, 0) is 13.1 Å². The molecular formula is C11H20N4O. The molecule has 0 unspecified atom stereocenters. The van der Waals surface area contributed by atoms with Gasteiger partial charge < -0.3 is 10.3 Å². The van der Waals surface area contributed by atoms with Crippen molar-refractivity contribution in [1.82, 2.24) is 15.0 Å². The number of nitrogens with two attached hydrogens (primary N) is 1. The third kappa shape index (κ3) is 2.80. The van der Waals surface area contributed by atoms with Crippen LogP contribution in [0.15, 0.2) is 4.52 Å². The van der Waals surface area contributed by atoms with Gasteiger partial charge in [-0.1, -0.05) is 18.5 Å². The molecule has 0 radical (unpaired) electrons. The molecule has 5 heteroatoms. The summed E-state index contributed by atoms with van der Waals surface area (Å²) in [6.07, 6.45) is 3.88. The maximum absolute atomic E-state index is 5.42. The second-order valence-electron chi connectivity index (χ2n) is 4.44. The molecule has 0 spiro atoms. The Labute approximate surface area is 96.0 Å².